The van der Waals surface area contributed by atoms with Gasteiger partial charge in [-0.05, 0) is 40.8 Å². The molecule has 2 aliphatic heterocycles. The minimum Gasteiger partial charge on any atom is -0.369 e. The van der Waals surface area contributed by atoms with Crippen molar-refractivity contribution in [3.63, 3.8) is 0 Å². The summed E-state index contributed by atoms with van der Waals surface area (Å²) in [7, 11) is 4.61. The Bertz CT molecular complexity index is 681. The zero-order valence-corrected chi connectivity index (χ0v) is 14.5. The van der Waals surface area contributed by atoms with Gasteiger partial charge in [-0.2, -0.15) is 0 Å². The van der Waals surface area contributed by atoms with Crippen molar-refractivity contribution in [3.8, 4) is 0 Å². The van der Waals surface area contributed by atoms with Crippen molar-refractivity contribution in [1.29, 1.82) is 0 Å². The Labute approximate surface area is 141 Å². The van der Waals surface area contributed by atoms with Crippen LogP contribution in [0.4, 0.5) is 16.2 Å². The maximum atomic E-state index is 12.7. The second kappa shape index (κ2) is 4.83. The highest BCUT2D eigenvalue weighted by molar-refractivity contribution is 14.1. The second-order valence-corrected chi connectivity index (χ2v) is 6.80. The van der Waals surface area contributed by atoms with E-state index < -0.39 is 23.4 Å². The third-order valence-electron chi connectivity index (χ3n) is 4.11. The number of imide groups is 2. The first-order valence-electron chi connectivity index (χ1n) is 6.67. The first kappa shape index (κ1) is 15.1. The largest absolute Gasteiger partial charge is 0.369 e. The number of rotatable bonds is 0. The Morgan fingerprint density at radius 3 is 2.27 bits per heavy atom. The lowest BCUT2D eigenvalue weighted by atomic mass is 9.89. The molecule has 0 saturated carbocycles. The number of anilines is 2. The van der Waals surface area contributed by atoms with Gasteiger partial charge in [0.05, 0.1) is 17.9 Å². The lowest BCUT2D eigenvalue weighted by Gasteiger charge is -2.47. The maximum Gasteiger partial charge on any atom is 0.333 e. The molecule has 116 valence electrons. The number of nitrogens with zero attached hydrogens (tertiary/aromatic N) is 3. The van der Waals surface area contributed by atoms with Crippen LogP contribution in [0.5, 0.6) is 0 Å². The standard InChI is InChI=1S/C14H15IN4O3/c1-17-7-14(16-9-6-8(15)4-5-10(9)17)11(20)18(2)13(22)19(3)12(14)21/h4-6,16H,7H2,1-3H3. The highest BCUT2D eigenvalue weighted by Gasteiger charge is 2.58. The minimum absolute atomic E-state index is 0.167. The monoisotopic (exact) mass is 414 g/mol. The van der Waals surface area contributed by atoms with Crippen LogP contribution < -0.4 is 10.2 Å². The quantitative estimate of drug-likeness (QED) is 0.506. The Balaban J connectivity index is 2.12. The fraction of sp³-hybridized carbons (Fsp3) is 0.357. The molecule has 4 amide bonds. The molecular formula is C14H15IN4O3. The van der Waals surface area contributed by atoms with Crippen LogP contribution in [0.1, 0.15) is 0 Å². The summed E-state index contributed by atoms with van der Waals surface area (Å²) in [4.78, 5) is 41.1. The number of carbonyl (C=O) groups excluding carboxylic acids is 3. The van der Waals surface area contributed by atoms with E-state index in [1.807, 2.05) is 30.1 Å². The van der Waals surface area contributed by atoms with E-state index in [0.717, 1.165) is 19.1 Å². The van der Waals surface area contributed by atoms with Gasteiger partial charge < -0.3 is 10.2 Å². The van der Waals surface area contributed by atoms with Crippen molar-refractivity contribution in [3.05, 3.63) is 21.8 Å². The summed E-state index contributed by atoms with van der Waals surface area (Å²) in [5.74, 6) is -1.06. The predicted octanol–water partition coefficient (Wildman–Crippen LogP) is 0.942. The molecule has 0 radical (unpaired) electrons. The fourth-order valence-corrected chi connectivity index (χ4v) is 3.45. The number of likely N-dealkylation sites (N-methyl/N-ethyl adjacent to an activating group) is 3. The third kappa shape index (κ3) is 1.89. The van der Waals surface area contributed by atoms with E-state index in [9.17, 15) is 14.4 Å². The van der Waals surface area contributed by atoms with Crippen LogP contribution in [-0.4, -0.2) is 60.9 Å². The van der Waals surface area contributed by atoms with Gasteiger partial charge >= 0.3 is 6.03 Å². The molecule has 3 rings (SSSR count). The normalized spacial score (nSPS) is 20.4. The molecule has 1 saturated heterocycles. The first-order valence-corrected chi connectivity index (χ1v) is 7.75. The topological polar surface area (TPSA) is 73.0 Å². The zero-order chi connectivity index (χ0) is 16.2. The molecule has 1 N–H and O–H groups in total. The molecule has 2 heterocycles. The van der Waals surface area contributed by atoms with E-state index in [4.69, 9.17) is 0 Å². The van der Waals surface area contributed by atoms with Crippen LogP contribution in [0, 0.1) is 3.57 Å². The van der Waals surface area contributed by atoms with Crippen LogP contribution in [0.3, 0.4) is 0 Å². The number of barbiturate groups is 1. The molecule has 1 fully saturated rings. The summed E-state index contributed by atoms with van der Waals surface area (Å²) in [6.45, 7) is 0.167. The third-order valence-corrected chi connectivity index (χ3v) is 4.78. The van der Waals surface area contributed by atoms with Gasteiger partial charge in [-0.3, -0.25) is 19.4 Å². The van der Waals surface area contributed by atoms with Crippen LogP contribution >= 0.6 is 22.6 Å². The summed E-state index contributed by atoms with van der Waals surface area (Å²) in [6, 6.07) is 5.16. The van der Waals surface area contributed by atoms with E-state index in [1.165, 1.54) is 14.1 Å². The van der Waals surface area contributed by atoms with Crippen molar-refractivity contribution in [1.82, 2.24) is 9.80 Å². The van der Waals surface area contributed by atoms with Gasteiger partial charge in [-0.15, -0.1) is 0 Å². The first-order chi connectivity index (χ1) is 10.3. The Morgan fingerprint density at radius 1 is 1.09 bits per heavy atom. The summed E-state index contributed by atoms with van der Waals surface area (Å²) >= 11 is 2.17. The van der Waals surface area contributed by atoms with E-state index in [-0.39, 0.29) is 6.54 Å². The highest BCUT2D eigenvalue weighted by atomic mass is 127. The molecular weight excluding hydrogens is 399 g/mol. The highest BCUT2D eigenvalue weighted by Crippen LogP contribution is 2.37. The molecule has 22 heavy (non-hydrogen) atoms. The summed E-state index contributed by atoms with van der Waals surface area (Å²) in [5.41, 5.74) is 0.149. The summed E-state index contributed by atoms with van der Waals surface area (Å²) < 4.78 is 0.989. The molecule has 7 nitrogen and oxygen atoms in total. The molecule has 1 aromatic carbocycles. The predicted molar refractivity (Wildman–Crippen MR) is 89.7 cm³/mol. The number of hydrogen-bond donors (Lipinski definition) is 1. The molecule has 0 aliphatic carbocycles. The smallest absolute Gasteiger partial charge is 0.333 e. The van der Waals surface area contributed by atoms with Gasteiger partial charge in [0.2, 0.25) is 5.54 Å². The molecule has 0 unspecified atom stereocenters. The van der Waals surface area contributed by atoms with Crippen LogP contribution in [0.25, 0.3) is 0 Å². The molecule has 0 aromatic heterocycles. The van der Waals surface area contributed by atoms with Gasteiger partial charge in [0, 0.05) is 24.7 Å². The number of halogens is 1. The number of amides is 4. The van der Waals surface area contributed by atoms with Gasteiger partial charge in [-0.1, -0.05) is 0 Å². The Hall–Kier alpha value is -1.84. The SMILES string of the molecule is CN1C(=O)N(C)C(=O)C2(CN(C)c3ccc(I)cc3N2)C1=O. The van der Waals surface area contributed by atoms with Crippen molar-refractivity contribution in [2.75, 3.05) is 37.9 Å². The van der Waals surface area contributed by atoms with E-state index >= 15 is 0 Å². The number of urea groups is 1. The molecule has 0 atom stereocenters. The summed E-state index contributed by atoms with van der Waals surface area (Å²) in [6.07, 6.45) is 0. The zero-order valence-electron chi connectivity index (χ0n) is 12.4. The van der Waals surface area contributed by atoms with Gasteiger partial charge in [0.15, 0.2) is 0 Å². The molecule has 1 aromatic rings. The van der Waals surface area contributed by atoms with Gasteiger partial charge in [0.1, 0.15) is 0 Å². The summed E-state index contributed by atoms with van der Waals surface area (Å²) in [5, 5.41) is 3.08. The molecule has 1 spiro atoms. The van der Waals surface area contributed by atoms with Crippen LogP contribution in [0.2, 0.25) is 0 Å². The Morgan fingerprint density at radius 2 is 1.68 bits per heavy atom. The van der Waals surface area contributed by atoms with Crippen molar-refractivity contribution in [2.24, 2.45) is 0 Å². The van der Waals surface area contributed by atoms with E-state index in [2.05, 4.69) is 27.9 Å². The van der Waals surface area contributed by atoms with E-state index in [0.29, 0.717) is 5.69 Å². The van der Waals surface area contributed by atoms with Gasteiger partial charge in [0.25, 0.3) is 11.8 Å². The number of carbonyl (C=O) groups is 3. The van der Waals surface area contributed by atoms with Crippen LogP contribution in [0.15, 0.2) is 18.2 Å². The minimum atomic E-state index is -1.47. The fourth-order valence-electron chi connectivity index (χ4n) is 2.96. The lowest BCUT2D eigenvalue weighted by molar-refractivity contribution is -0.148. The van der Waals surface area contributed by atoms with Crippen molar-refractivity contribution >= 4 is 51.8 Å². The number of fused-ring (bicyclic) bond motifs is 1. The number of hydrogen-bond acceptors (Lipinski definition) is 5. The van der Waals surface area contributed by atoms with E-state index in [1.54, 1.807) is 0 Å². The molecule has 8 heteroatoms. The maximum absolute atomic E-state index is 12.7. The second-order valence-electron chi connectivity index (χ2n) is 5.56. The van der Waals surface area contributed by atoms with Crippen molar-refractivity contribution in [2.45, 2.75) is 5.54 Å². The molecule has 2 aliphatic rings. The number of benzene rings is 1. The van der Waals surface area contributed by atoms with Crippen molar-refractivity contribution < 1.29 is 14.4 Å². The molecule has 0 bridgehead atoms. The lowest BCUT2D eigenvalue weighted by Crippen LogP contribution is -2.74. The number of nitrogens with one attached hydrogen (secondary N) is 1. The Kier molecular flexibility index (Phi) is 3.31. The average Bonchev–Trinajstić information content (AvgIpc) is 2.49. The van der Waals surface area contributed by atoms with Gasteiger partial charge in [-0.25, -0.2) is 4.79 Å². The van der Waals surface area contributed by atoms with Crippen LogP contribution in [-0.2, 0) is 9.59 Å². The average molecular weight is 414 g/mol.